The molecule has 0 bridgehead atoms. The Labute approximate surface area is 105 Å². The van der Waals surface area contributed by atoms with E-state index in [4.69, 9.17) is 10.2 Å². The monoisotopic (exact) mass is 245 g/mol. The van der Waals surface area contributed by atoms with Crippen molar-refractivity contribution in [3.63, 3.8) is 0 Å². The Hall–Kier alpha value is -2.07. The number of rotatable bonds is 4. The largest absolute Gasteiger partial charge is 0.478 e. The topological polar surface area (TPSA) is 69.6 Å². The predicted molar refractivity (Wildman–Crippen MR) is 71.1 cm³/mol. The number of aromatic carboxylic acids is 1. The zero-order valence-electron chi connectivity index (χ0n) is 10.1. The number of aliphatic hydroxyl groups excluding tert-OH is 1. The number of hydrogen-bond donors (Lipinski definition) is 3. The number of fused-ring (bicyclic) bond motifs is 1. The van der Waals surface area contributed by atoms with Gasteiger partial charge in [-0.3, -0.25) is 0 Å². The predicted octanol–water partition coefficient (Wildman–Crippen LogP) is 2.33. The van der Waals surface area contributed by atoms with Gasteiger partial charge in [-0.05, 0) is 24.4 Å². The van der Waals surface area contributed by atoms with Crippen molar-refractivity contribution in [1.29, 1.82) is 0 Å². The molecule has 1 atom stereocenters. The maximum Gasteiger partial charge on any atom is 0.336 e. The van der Waals surface area contributed by atoms with E-state index in [1.54, 1.807) is 18.2 Å². The van der Waals surface area contributed by atoms with Gasteiger partial charge >= 0.3 is 5.97 Å². The van der Waals surface area contributed by atoms with Gasteiger partial charge in [-0.1, -0.05) is 24.3 Å². The Morgan fingerprint density at radius 3 is 2.50 bits per heavy atom. The summed E-state index contributed by atoms with van der Waals surface area (Å²) in [7, 11) is 0. The third kappa shape index (κ3) is 2.28. The van der Waals surface area contributed by atoms with Crippen molar-refractivity contribution in [2.75, 3.05) is 11.9 Å². The van der Waals surface area contributed by atoms with E-state index in [1.807, 2.05) is 25.1 Å². The lowest BCUT2D eigenvalue weighted by atomic mass is 10.0. The summed E-state index contributed by atoms with van der Waals surface area (Å²) in [5.74, 6) is -0.937. The van der Waals surface area contributed by atoms with Crippen LogP contribution in [0, 0.1) is 0 Å². The number of aliphatic hydroxyl groups is 1. The first-order chi connectivity index (χ1) is 8.63. The minimum Gasteiger partial charge on any atom is -0.478 e. The van der Waals surface area contributed by atoms with E-state index in [0.717, 1.165) is 11.1 Å². The van der Waals surface area contributed by atoms with Crippen LogP contribution in [-0.4, -0.2) is 28.8 Å². The highest BCUT2D eigenvalue weighted by atomic mass is 16.4. The van der Waals surface area contributed by atoms with Crippen LogP contribution in [0.3, 0.4) is 0 Å². The van der Waals surface area contributed by atoms with Crippen molar-refractivity contribution in [1.82, 2.24) is 0 Å². The van der Waals surface area contributed by atoms with Crippen LogP contribution >= 0.6 is 0 Å². The molecular formula is C14H15NO3. The average Bonchev–Trinajstić information content (AvgIpc) is 2.38. The quantitative estimate of drug-likeness (QED) is 0.773. The molecule has 0 saturated heterocycles. The van der Waals surface area contributed by atoms with Crippen LogP contribution in [0.2, 0.25) is 0 Å². The molecular weight excluding hydrogens is 230 g/mol. The highest BCUT2D eigenvalue weighted by molar-refractivity contribution is 6.07. The zero-order valence-corrected chi connectivity index (χ0v) is 10.1. The number of benzene rings is 2. The first kappa shape index (κ1) is 12.4. The molecule has 2 aromatic carbocycles. The number of carbonyl (C=O) groups is 1. The standard InChI is InChI=1S/C14H15NO3/c1-9(8-16)15-13-7-6-12(14(17)18)10-4-2-3-5-11(10)13/h2-7,9,15-16H,8H2,1H3,(H,17,18). The maximum atomic E-state index is 11.1. The summed E-state index contributed by atoms with van der Waals surface area (Å²) in [6, 6.07) is 10.6. The highest BCUT2D eigenvalue weighted by Gasteiger charge is 2.11. The lowest BCUT2D eigenvalue weighted by Gasteiger charge is -2.15. The summed E-state index contributed by atoms with van der Waals surface area (Å²) in [6.07, 6.45) is 0. The Kier molecular flexibility index (Phi) is 3.48. The number of carboxylic acid groups (broad SMARTS) is 1. The Morgan fingerprint density at radius 1 is 1.22 bits per heavy atom. The molecule has 0 saturated carbocycles. The molecule has 4 nitrogen and oxygen atoms in total. The van der Waals surface area contributed by atoms with Gasteiger partial charge in [-0.25, -0.2) is 4.79 Å². The van der Waals surface area contributed by atoms with Crippen molar-refractivity contribution in [2.45, 2.75) is 13.0 Å². The zero-order chi connectivity index (χ0) is 13.1. The molecule has 0 aliphatic heterocycles. The maximum absolute atomic E-state index is 11.1. The number of anilines is 1. The third-order valence-electron chi connectivity index (χ3n) is 2.83. The SMILES string of the molecule is CC(CO)Nc1ccc(C(=O)O)c2ccccc12. The van der Waals surface area contributed by atoms with Crippen LogP contribution in [0.1, 0.15) is 17.3 Å². The number of carboxylic acids is 1. The molecule has 0 aromatic heterocycles. The average molecular weight is 245 g/mol. The molecule has 0 spiro atoms. The summed E-state index contributed by atoms with van der Waals surface area (Å²) in [6.45, 7) is 1.88. The molecule has 0 aliphatic rings. The minimum absolute atomic E-state index is 0.0228. The van der Waals surface area contributed by atoms with Crippen molar-refractivity contribution in [3.8, 4) is 0 Å². The Morgan fingerprint density at radius 2 is 1.89 bits per heavy atom. The fourth-order valence-electron chi connectivity index (χ4n) is 1.92. The van der Waals surface area contributed by atoms with E-state index < -0.39 is 5.97 Å². The fraction of sp³-hybridized carbons (Fsp3) is 0.214. The van der Waals surface area contributed by atoms with Crippen LogP contribution in [-0.2, 0) is 0 Å². The van der Waals surface area contributed by atoms with Gasteiger partial charge in [0, 0.05) is 17.1 Å². The summed E-state index contributed by atoms with van der Waals surface area (Å²) in [5.41, 5.74) is 1.12. The second-order valence-corrected chi connectivity index (χ2v) is 4.24. The number of hydrogen-bond acceptors (Lipinski definition) is 3. The van der Waals surface area contributed by atoms with Crippen molar-refractivity contribution in [3.05, 3.63) is 42.0 Å². The van der Waals surface area contributed by atoms with Crippen LogP contribution < -0.4 is 5.32 Å². The van der Waals surface area contributed by atoms with E-state index in [2.05, 4.69) is 5.32 Å². The molecule has 0 aliphatic carbocycles. The highest BCUT2D eigenvalue weighted by Crippen LogP contribution is 2.27. The molecule has 94 valence electrons. The van der Waals surface area contributed by atoms with Gasteiger partial charge < -0.3 is 15.5 Å². The van der Waals surface area contributed by atoms with Gasteiger partial charge in [-0.15, -0.1) is 0 Å². The third-order valence-corrected chi connectivity index (χ3v) is 2.83. The van der Waals surface area contributed by atoms with E-state index in [1.165, 1.54) is 0 Å². The van der Waals surface area contributed by atoms with Gasteiger partial charge in [0.05, 0.1) is 12.2 Å². The molecule has 0 heterocycles. The Bertz CT molecular complexity index is 580. The van der Waals surface area contributed by atoms with Crippen LogP contribution in [0.15, 0.2) is 36.4 Å². The van der Waals surface area contributed by atoms with Gasteiger partial charge in [0.15, 0.2) is 0 Å². The Balaban J connectivity index is 2.57. The summed E-state index contributed by atoms with van der Waals surface area (Å²) in [4.78, 5) is 11.1. The molecule has 2 aromatic rings. The van der Waals surface area contributed by atoms with Gasteiger partial charge in [-0.2, -0.15) is 0 Å². The van der Waals surface area contributed by atoms with Crippen LogP contribution in [0.25, 0.3) is 10.8 Å². The number of nitrogens with one attached hydrogen (secondary N) is 1. The van der Waals surface area contributed by atoms with Crippen molar-refractivity contribution >= 4 is 22.4 Å². The van der Waals surface area contributed by atoms with Crippen LogP contribution in [0.5, 0.6) is 0 Å². The lowest BCUT2D eigenvalue weighted by molar-refractivity contribution is 0.0699. The van der Waals surface area contributed by atoms with Crippen LogP contribution in [0.4, 0.5) is 5.69 Å². The van der Waals surface area contributed by atoms with E-state index >= 15 is 0 Å². The summed E-state index contributed by atoms with van der Waals surface area (Å²) < 4.78 is 0. The van der Waals surface area contributed by atoms with Crippen molar-refractivity contribution in [2.24, 2.45) is 0 Å². The molecule has 0 radical (unpaired) electrons. The minimum atomic E-state index is -0.937. The molecule has 0 fully saturated rings. The van der Waals surface area contributed by atoms with Gasteiger partial charge in [0.2, 0.25) is 0 Å². The molecule has 0 amide bonds. The molecule has 1 unspecified atom stereocenters. The van der Waals surface area contributed by atoms with Gasteiger partial charge in [0.25, 0.3) is 0 Å². The van der Waals surface area contributed by atoms with Gasteiger partial charge in [0.1, 0.15) is 0 Å². The molecule has 2 rings (SSSR count). The van der Waals surface area contributed by atoms with Crippen molar-refractivity contribution < 1.29 is 15.0 Å². The molecule has 18 heavy (non-hydrogen) atoms. The first-order valence-corrected chi connectivity index (χ1v) is 5.76. The normalized spacial score (nSPS) is 12.3. The fourth-order valence-corrected chi connectivity index (χ4v) is 1.92. The van der Waals surface area contributed by atoms with E-state index in [0.29, 0.717) is 5.39 Å². The second-order valence-electron chi connectivity index (χ2n) is 4.24. The van der Waals surface area contributed by atoms with E-state index in [-0.39, 0.29) is 18.2 Å². The lowest BCUT2D eigenvalue weighted by Crippen LogP contribution is -2.19. The molecule has 3 N–H and O–H groups in total. The second kappa shape index (κ2) is 5.06. The summed E-state index contributed by atoms with van der Waals surface area (Å²) in [5, 5.41) is 22.9. The summed E-state index contributed by atoms with van der Waals surface area (Å²) >= 11 is 0. The molecule has 4 heteroatoms. The smallest absolute Gasteiger partial charge is 0.336 e. The van der Waals surface area contributed by atoms with E-state index in [9.17, 15) is 4.79 Å². The first-order valence-electron chi connectivity index (χ1n) is 5.76.